The Balaban J connectivity index is 0.00000882. The minimum atomic E-state index is -0.181. The molecule has 5 rings (SSSR count). The number of halogens is 1. The van der Waals surface area contributed by atoms with E-state index in [9.17, 15) is 10.2 Å². The number of ether oxygens (including phenoxy) is 16. The summed E-state index contributed by atoms with van der Waals surface area (Å²) >= 11 is 0. The van der Waals surface area contributed by atoms with E-state index in [1.54, 1.807) is 38.8 Å². The average molecular weight is 1210 g/mol. The number of para-hydroxylation sites is 2. The number of rotatable bonds is 46. The normalized spacial score (nSPS) is 14.2. The van der Waals surface area contributed by atoms with Gasteiger partial charge in [0, 0.05) is 48.9 Å². The molecule has 1 aliphatic rings. The molecule has 0 heterocycles. The summed E-state index contributed by atoms with van der Waals surface area (Å²) in [6, 6.07) is 22.3. The van der Waals surface area contributed by atoms with Crippen molar-refractivity contribution in [2.24, 2.45) is 9.98 Å². The van der Waals surface area contributed by atoms with Gasteiger partial charge in [0.1, 0.15) is 24.7 Å². The van der Waals surface area contributed by atoms with Crippen molar-refractivity contribution in [1.29, 1.82) is 0 Å². The molecular formula is C60H86ClMnN2O18+. The van der Waals surface area contributed by atoms with Gasteiger partial charge in [-0.25, -0.2) is 0 Å². The number of hydrogen-bond acceptors (Lipinski definition) is 20. The number of methoxy groups -OCH3 is 4. The molecule has 2 N–H and O–H groups in total. The minimum absolute atomic E-state index is 0. The smallest absolute Gasteiger partial charge is 1.00 e. The molecule has 0 aromatic heterocycles. The van der Waals surface area contributed by atoms with Gasteiger partial charge in [0.05, 0.1) is 172 Å². The van der Waals surface area contributed by atoms with Crippen LogP contribution in [0.5, 0.6) is 34.5 Å². The maximum Gasteiger partial charge on any atom is 2.00 e. The van der Waals surface area contributed by atoms with Crippen LogP contribution in [0.4, 0.5) is 0 Å². The fraction of sp³-hybridized carbons (Fsp3) is 0.567. The second kappa shape index (κ2) is 45.7. The van der Waals surface area contributed by atoms with E-state index in [0.717, 1.165) is 47.9 Å². The van der Waals surface area contributed by atoms with Crippen molar-refractivity contribution in [3.8, 4) is 56.8 Å². The molecule has 1 fully saturated rings. The summed E-state index contributed by atoms with van der Waals surface area (Å²) in [6.45, 7) is 11.2. The molecule has 1 saturated carbocycles. The van der Waals surface area contributed by atoms with Crippen LogP contribution in [0.1, 0.15) is 36.8 Å². The number of hydrogen-bond donors (Lipinski definition) is 2. The Kier molecular flexibility index (Phi) is 39.9. The van der Waals surface area contributed by atoms with Gasteiger partial charge in [-0.1, -0.05) is 49.2 Å². The van der Waals surface area contributed by atoms with Crippen LogP contribution in [0.15, 0.2) is 82.8 Å². The fourth-order valence-electron chi connectivity index (χ4n) is 8.20. The van der Waals surface area contributed by atoms with Gasteiger partial charge < -0.3 is 98.4 Å². The van der Waals surface area contributed by atoms with Gasteiger partial charge in [-0.3, -0.25) is 9.98 Å². The van der Waals surface area contributed by atoms with E-state index in [1.165, 1.54) is 14.2 Å². The Hall–Kier alpha value is -4.65. The third-order valence-corrected chi connectivity index (χ3v) is 12.4. The Morgan fingerprint density at radius 2 is 0.671 bits per heavy atom. The summed E-state index contributed by atoms with van der Waals surface area (Å²) in [5.41, 5.74) is 4.18. The van der Waals surface area contributed by atoms with Gasteiger partial charge >= 0.3 is 17.1 Å². The maximum atomic E-state index is 11.3. The molecule has 82 heavy (non-hydrogen) atoms. The number of aromatic hydroxyl groups is 2. The molecule has 20 nitrogen and oxygen atoms in total. The summed E-state index contributed by atoms with van der Waals surface area (Å²) < 4.78 is 89.1. The summed E-state index contributed by atoms with van der Waals surface area (Å²) in [6.07, 6.45) is 6.96. The first-order valence-corrected chi connectivity index (χ1v) is 27.5. The zero-order chi connectivity index (χ0) is 56.5. The van der Waals surface area contributed by atoms with E-state index in [1.807, 2.05) is 60.7 Å². The van der Waals surface area contributed by atoms with Crippen LogP contribution >= 0.6 is 0 Å². The van der Waals surface area contributed by atoms with Crippen molar-refractivity contribution >= 4 is 12.4 Å². The summed E-state index contributed by atoms with van der Waals surface area (Å²) in [5.74, 6) is 1.87. The van der Waals surface area contributed by atoms with Crippen LogP contribution in [0.3, 0.4) is 0 Å². The van der Waals surface area contributed by atoms with E-state index in [0.29, 0.717) is 193 Å². The quantitative estimate of drug-likeness (QED) is 0.0354. The first-order chi connectivity index (χ1) is 39.5. The molecule has 0 spiro atoms. The van der Waals surface area contributed by atoms with Crippen molar-refractivity contribution in [1.82, 2.24) is 0 Å². The molecule has 0 amide bonds. The first-order valence-electron chi connectivity index (χ1n) is 27.5. The van der Waals surface area contributed by atoms with E-state index in [-0.39, 0.29) is 53.1 Å². The van der Waals surface area contributed by atoms with E-state index in [2.05, 4.69) is 0 Å². The van der Waals surface area contributed by atoms with Crippen LogP contribution in [0.2, 0.25) is 0 Å². The molecule has 1 radical (unpaired) electrons. The molecule has 4 aromatic carbocycles. The van der Waals surface area contributed by atoms with E-state index >= 15 is 0 Å². The molecule has 22 heteroatoms. The molecule has 0 aliphatic heterocycles. The van der Waals surface area contributed by atoms with Crippen molar-refractivity contribution < 1.29 is 115 Å². The van der Waals surface area contributed by atoms with Crippen molar-refractivity contribution in [3.05, 3.63) is 83.9 Å². The molecule has 1 aliphatic carbocycles. The summed E-state index contributed by atoms with van der Waals surface area (Å²) in [4.78, 5) is 10.0. The van der Waals surface area contributed by atoms with Gasteiger partial charge in [-0.15, -0.1) is 0 Å². The first kappa shape index (κ1) is 71.6. The molecular weight excluding hydrogens is 1130 g/mol. The van der Waals surface area contributed by atoms with Crippen molar-refractivity contribution in [3.63, 3.8) is 0 Å². The predicted molar refractivity (Wildman–Crippen MR) is 304 cm³/mol. The second-order valence-electron chi connectivity index (χ2n) is 18.0. The Morgan fingerprint density at radius 3 is 0.963 bits per heavy atom. The minimum Gasteiger partial charge on any atom is -1.00 e. The third kappa shape index (κ3) is 27.8. The van der Waals surface area contributed by atoms with E-state index in [4.69, 9.17) is 85.8 Å². The number of benzene rings is 4. The largest absolute Gasteiger partial charge is 2.00 e. The second-order valence-corrected chi connectivity index (χ2v) is 18.0. The average Bonchev–Trinajstić information content (AvgIpc) is 3.52. The zero-order valence-corrected chi connectivity index (χ0v) is 50.0. The van der Waals surface area contributed by atoms with Gasteiger partial charge in [-0.2, -0.15) is 0 Å². The number of nitrogens with zero attached hydrogens (tertiary/aromatic N) is 2. The molecule has 0 bridgehead atoms. The SMILES string of the molecule is COCCOCCOCCOCCOCCOCCOc1ccccc1-c1cc(C=NC2CCCCC2N=Cc2cc(-c3ccccc3OCCOCCOCCOCCOCCOCCOC)cc(OC)c2O)c(O)c(OC)c1.[Cl-].[Mn+2]. The van der Waals surface area contributed by atoms with Gasteiger partial charge in [0.2, 0.25) is 0 Å². The van der Waals surface area contributed by atoms with Crippen LogP contribution in [-0.2, 0) is 73.9 Å². The number of phenolic OH excluding ortho intramolecular Hbond substituents is 2. The third-order valence-electron chi connectivity index (χ3n) is 12.4. The zero-order valence-electron chi connectivity index (χ0n) is 48.1. The van der Waals surface area contributed by atoms with Crippen LogP contribution in [-0.4, -0.2) is 222 Å². The molecule has 4 aromatic rings. The van der Waals surface area contributed by atoms with Crippen LogP contribution in [0, 0.1) is 0 Å². The predicted octanol–water partition coefficient (Wildman–Crippen LogP) is 4.52. The van der Waals surface area contributed by atoms with Gasteiger partial charge in [-0.05, 0) is 60.4 Å². The monoisotopic (exact) mass is 1210 g/mol. The van der Waals surface area contributed by atoms with Crippen molar-refractivity contribution in [2.75, 3.05) is 187 Å². The van der Waals surface area contributed by atoms with Crippen LogP contribution in [0.25, 0.3) is 22.3 Å². The fourth-order valence-corrected chi connectivity index (χ4v) is 8.20. The number of phenols is 2. The molecule has 2 unspecified atom stereocenters. The Labute approximate surface area is 501 Å². The standard InChI is InChI=1S/C60H86N2O18.ClH.Mn/c1-65-17-19-69-21-23-71-25-27-73-29-31-75-33-35-77-37-39-79-55-15-9-5-11-51(55)47-41-49(59(63)57(43-47)67-3)45-61-53-13-7-8-14-54(53)62-46-50-42-48(44-58(68-4)60(50)64)52-12-6-10-16-56(52)80-40-38-78-36-34-76-32-30-74-28-26-72-24-22-70-20-18-66-2;;/h5-6,9-12,15-16,41-46,53-54,63-64H,7-8,13-14,17-40H2,1-4H3;1H;/q;;+2/p-1. The van der Waals surface area contributed by atoms with Gasteiger partial charge in [0.25, 0.3) is 0 Å². The Bertz CT molecular complexity index is 2180. The van der Waals surface area contributed by atoms with Crippen molar-refractivity contribution in [2.45, 2.75) is 37.8 Å². The topological polar surface area (TPSA) is 213 Å². The molecule has 0 saturated heterocycles. The molecule has 457 valence electrons. The summed E-state index contributed by atoms with van der Waals surface area (Å²) in [5, 5.41) is 22.7. The van der Waals surface area contributed by atoms with Crippen LogP contribution < -0.4 is 31.4 Å². The maximum absolute atomic E-state index is 11.3. The van der Waals surface area contributed by atoms with Gasteiger partial charge in [0.15, 0.2) is 23.0 Å². The summed E-state index contributed by atoms with van der Waals surface area (Å²) in [7, 11) is 6.32. The number of aliphatic imine (C=N–C) groups is 2. The Morgan fingerprint density at radius 1 is 0.390 bits per heavy atom. The van der Waals surface area contributed by atoms with E-state index < -0.39 is 0 Å². The molecule has 2 atom stereocenters.